The van der Waals surface area contributed by atoms with E-state index in [9.17, 15) is 19.2 Å². The minimum absolute atomic E-state index is 0.101. The van der Waals surface area contributed by atoms with E-state index in [0.717, 1.165) is 23.9 Å². The van der Waals surface area contributed by atoms with Gasteiger partial charge in [0, 0.05) is 12.6 Å². The summed E-state index contributed by atoms with van der Waals surface area (Å²) < 4.78 is 6.07. The van der Waals surface area contributed by atoms with Gasteiger partial charge in [0.2, 0.25) is 0 Å². The van der Waals surface area contributed by atoms with E-state index >= 15 is 0 Å². The van der Waals surface area contributed by atoms with Crippen LogP contribution in [0, 0.1) is 10.8 Å². The van der Waals surface area contributed by atoms with Gasteiger partial charge in [-0.2, -0.15) is 0 Å². The maximum absolute atomic E-state index is 12.7. The molecule has 160 valence electrons. The lowest BCUT2D eigenvalue weighted by Gasteiger charge is -2.39. The SMILES string of the molecule is CC1(C)C[C@H]2C[C@](C)(CN2C(=O)COC(=O)Cn2[nH]c(=O)c3ccccc3c2=O)C1. The average molecular weight is 413 g/mol. The predicted octanol–water partition coefficient (Wildman–Crippen LogP) is 1.66. The number of fused-ring (bicyclic) bond motifs is 3. The normalized spacial score (nSPS) is 24.8. The van der Waals surface area contributed by atoms with Crippen molar-refractivity contribution >= 4 is 22.6 Å². The second-order valence-corrected chi connectivity index (χ2v) is 9.77. The number of nitrogens with zero attached hydrogens (tertiary/aromatic N) is 2. The fourth-order valence-electron chi connectivity index (χ4n) is 5.51. The summed E-state index contributed by atoms with van der Waals surface area (Å²) in [5, 5.41) is 2.88. The Balaban J connectivity index is 1.41. The molecule has 1 aromatic carbocycles. The molecule has 4 rings (SSSR count). The highest BCUT2D eigenvalue weighted by Gasteiger charge is 2.50. The molecule has 1 aliphatic carbocycles. The molecule has 8 heteroatoms. The van der Waals surface area contributed by atoms with Crippen molar-refractivity contribution < 1.29 is 14.3 Å². The molecular weight excluding hydrogens is 386 g/mol. The highest BCUT2D eigenvalue weighted by atomic mass is 16.5. The number of nitrogens with one attached hydrogen (secondary N) is 1. The first-order chi connectivity index (χ1) is 14.1. The Morgan fingerprint density at radius 3 is 2.57 bits per heavy atom. The van der Waals surface area contributed by atoms with Crippen LogP contribution in [-0.4, -0.2) is 45.8 Å². The number of carbonyl (C=O) groups is 2. The van der Waals surface area contributed by atoms with Crippen molar-refractivity contribution in [1.82, 2.24) is 14.7 Å². The van der Waals surface area contributed by atoms with Crippen LogP contribution in [0.15, 0.2) is 33.9 Å². The van der Waals surface area contributed by atoms with Gasteiger partial charge in [0.25, 0.3) is 17.0 Å². The largest absolute Gasteiger partial charge is 0.454 e. The summed E-state index contributed by atoms with van der Waals surface area (Å²) in [6.07, 6.45) is 2.98. The molecule has 2 aromatic rings. The summed E-state index contributed by atoms with van der Waals surface area (Å²) in [5.41, 5.74) is -0.664. The van der Waals surface area contributed by atoms with Crippen LogP contribution in [-0.2, 0) is 20.9 Å². The van der Waals surface area contributed by atoms with E-state index in [-0.39, 0.29) is 40.2 Å². The molecule has 2 aliphatic rings. The lowest BCUT2D eigenvalue weighted by atomic mass is 9.65. The third-order valence-corrected chi connectivity index (χ3v) is 6.26. The number of likely N-dealkylation sites (tertiary alicyclic amines) is 1. The zero-order valence-corrected chi connectivity index (χ0v) is 17.6. The standard InChI is InChI=1S/C22H27N3O5/c1-21(2)8-14-9-22(3,12-21)13-24(14)17(26)11-30-18(27)10-25-20(29)16-7-5-4-6-15(16)19(28)23-25/h4-7,14H,8-13H2,1-3H3,(H,23,28)/t14-,22-/m0/s1. The number of ether oxygens (including phenoxy) is 1. The van der Waals surface area contributed by atoms with Gasteiger partial charge in [0.05, 0.1) is 10.8 Å². The van der Waals surface area contributed by atoms with E-state index in [4.69, 9.17) is 4.74 Å². The van der Waals surface area contributed by atoms with Crippen molar-refractivity contribution in [3.63, 3.8) is 0 Å². The van der Waals surface area contributed by atoms with Crippen LogP contribution in [0.3, 0.4) is 0 Å². The second-order valence-electron chi connectivity index (χ2n) is 9.77. The molecule has 0 radical (unpaired) electrons. The fourth-order valence-corrected chi connectivity index (χ4v) is 5.51. The molecule has 0 spiro atoms. The number of rotatable bonds is 4. The second kappa shape index (κ2) is 7.11. The number of hydrogen-bond donors (Lipinski definition) is 1. The zero-order valence-electron chi connectivity index (χ0n) is 17.6. The molecule has 1 saturated carbocycles. The van der Waals surface area contributed by atoms with E-state index in [1.165, 1.54) is 6.07 Å². The van der Waals surface area contributed by atoms with Gasteiger partial charge in [-0.25, -0.2) is 4.68 Å². The third kappa shape index (κ3) is 3.78. The monoisotopic (exact) mass is 413 g/mol. The molecule has 1 saturated heterocycles. The van der Waals surface area contributed by atoms with E-state index in [1.54, 1.807) is 18.2 Å². The number of benzene rings is 1. The number of esters is 1. The summed E-state index contributed by atoms with van der Waals surface area (Å²) >= 11 is 0. The highest BCUT2D eigenvalue weighted by molar-refractivity contribution is 5.82. The zero-order chi connectivity index (χ0) is 21.7. The molecule has 30 heavy (non-hydrogen) atoms. The number of aromatic amines is 1. The number of carbonyl (C=O) groups excluding carboxylic acids is 2. The van der Waals surface area contributed by atoms with Crippen molar-refractivity contribution in [2.45, 2.75) is 52.6 Å². The van der Waals surface area contributed by atoms with Crippen LogP contribution in [0.2, 0.25) is 0 Å². The minimum atomic E-state index is -0.745. The Kier molecular flexibility index (Phi) is 4.83. The summed E-state index contributed by atoms with van der Waals surface area (Å²) in [6.45, 7) is 6.53. The van der Waals surface area contributed by atoms with Crippen molar-refractivity contribution in [3.8, 4) is 0 Å². The Morgan fingerprint density at radius 1 is 1.13 bits per heavy atom. The first-order valence-corrected chi connectivity index (χ1v) is 10.2. The minimum Gasteiger partial charge on any atom is -0.454 e. The molecule has 1 N–H and O–H groups in total. The molecular formula is C22H27N3O5. The van der Waals surface area contributed by atoms with Crippen LogP contribution < -0.4 is 11.1 Å². The Bertz CT molecular complexity index is 1130. The lowest BCUT2D eigenvalue weighted by Crippen LogP contribution is -2.40. The van der Waals surface area contributed by atoms with Crippen molar-refractivity contribution in [2.75, 3.05) is 13.2 Å². The predicted molar refractivity (Wildman–Crippen MR) is 111 cm³/mol. The van der Waals surface area contributed by atoms with Crippen molar-refractivity contribution in [2.24, 2.45) is 10.8 Å². The molecule has 2 atom stereocenters. The third-order valence-electron chi connectivity index (χ3n) is 6.26. The van der Waals surface area contributed by atoms with E-state index in [2.05, 4.69) is 25.9 Å². The van der Waals surface area contributed by atoms with Gasteiger partial charge in [0.15, 0.2) is 6.61 Å². The van der Waals surface area contributed by atoms with Gasteiger partial charge < -0.3 is 9.64 Å². The number of aromatic nitrogens is 2. The molecule has 2 fully saturated rings. The maximum atomic E-state index is 12.7. The maximum Gasteiger partial charge on any atom is 0.328 e. The quantitative estimate of drug-likeness (QED) is 0.768. The van der Waals surface area contributed by atoms with Crippen LogP contribution in [0.25, 0.3) is 10.8 Å². The topological polar surface area (TPSA) is 101 Å². The van der Waals surface area contributed by atoms with E-state index < -0.39 is 23.6 Å². The Hall–Kier alpha value is -2.90. The van der Waals surface area contributed by atoms with Gasteiger partial charge in [-0.3, -0.25) is 24.3 Å². The molecule has 8 nitrogen and oxygen atoms in total. The highest BCUT2D eigenvalue weighted by Crippen LogP contribution is 2.52. The fraction of sp³-hybridized carbons (Fsp3) is 0.545. The number of hydrogen-bond acceptors (Lipinski definition) is 5. The van der Waals surface area contributed by atoms with Crippen LogP contribution in [0.5, 0.6) is 0 Å². The summed E-state index contributed by atoms with van der Waals surface area (Å²) in [6, 6.07) is 6.56. The molecule has 1 amide bonds. The molecule has 1 aromatic heterocycles. The Morgan fingerprint density at radius 2 is 1.83 bits per heavy atom. The Labute approximate surface area is 173 Å². The summed E-state index contributed by atoms with van der Waals surface area (Å²) in [7, 11) is 0. The summed E-state index contributed by atoms with van der Waals surface area (Å²) in [4.78, 5) is 51.4. The van der Waals surface area contributed by atoms with Gasteiger partial charge in [-0.05, 0) is 42.2 Å². The molecule has 2 bridgehead atoms. The smallest absolute Gasteiger partial charge is 0.328 e. The van der Waals surface area contributed by atoms with E-state index in [1.807, 2.05) is 4.90 Å². The van der Waals surface area contributed by atoms with Gasteiger partial charge in [0.1, 0.15) is 6.54 Å². The first-order valence-electron chi connectivity index (χ1n) is 10.2. The lowest BCUT2D eigenvalue weighted by molar-refractivity contribution is -0.153. The number of H-pyrrole nitrogens is 1. The van der Waals surface area contributed by atoms with Gasteiger partial charge in [-0.1, -0.05) is 32.9 Å². The molecule has 2 heterocycles. The van der Waals surface area contributed by atoms with Crippen LogP contribution in [0.4, 0.5) is 0 Å². The van der Waals surface area contributed by atoms with Crippen LogP contribution in [0.1, 0.15) is 40.0 Å². The van der Waals surface area contributed by atoms with Gasteiger partial charge in [-0.15, -0.1) is 0 Å². The van der Waals surface area contributed by atoms with Crippen LogP contribution >= 0.6 is 0 Å². The summed E-state index contributed by atoms with van der Waals surface area (Å²) in [5.74, 6) is -0.959. The van der Waals surface area contributed by atoms with Crippen molar-refractivity contribution in [1.29, 1.82) is 0 Å². The van der Waals surface area contributed by atoms with E-state index in [0.29, 0.717) is 6.54 Å². The van der Waals surface area contributed by atoms with Crippen molar-refractivity contribution in [3.05, 3.63) is 45.0 Å². The average Bonchev–Trinajstić information content (AvgIpc) is 2.92. The first kappa shape index (κ1) is 20.4. The number of amides is 1. The molecule has 0 unspecified atom stereocenters. The van der Waals surface area contributed by atoms with Gasteiger partial charge >= 0.3 is 5.97 Å². The molecule has 1 aliphatic heterocycles.